The van der Waals surface area contributed by atoms with Crippen molar-refractivity contribution in [3.8, 4) is 0 Å². The number of carbonyl (C=O) groups is 1. The monoisotopic (exact) mass is 276 g/mol. The Morgan fingerprint density at radius 2 is 2.20 bits per heavy atom. The Balaban J connectivity index is 2.11. The van der Waals surface area contributed by atoms with Crippen LogP contribution in [0.1, 0.15) is 41.6 Å². The number of aliphatic hydroxyl groups excluding tert-OH is 1. The topological polar surface area (TPSA) is 66.6 Å². The number of amides is 1. The zero-order chi connectivity index (χ0) is 14.4. The van der Waals surface area contributed by atoms with E-state index in [9.17, 15) is 4.79 Å². The van der Waals surface area contributed by atoms with Gasteiger partial charge in [0.1, 0.15) is 0 Å². The molecule has 0 unspecified atom stereocenters. The van der Waals surface area contributed by atoms with Crippen molar-refractivity contribution in [1.82, 2.24) is 4.90 Å². The van der Waals surface area contributed by atoms with Gasteiger partial charge in [-0.3, -0.25) is 4.79 Å². The molecule has 0 aromatic heterocycles. The van der Waals surface area contributed by atoms with E-state index in [1.807, 2.05) is 29.2 Å². The van der Waals surface area contributed by atoms with Crippen LogP contribution in [0.3, 0.4) is 0 Å². The van der Waals surface area contributed by atoms with E-state index in [0.717, 1.165) is 30.4 Å². The Morgan fingerprint density at radius 3 is 2.80 bits per heavy atom. The zero-order valence-corrected chi connectivity index (χ0v) is 11.9. The van der Waals surface area contributed by atoms with Crippen LogP contribution in [-0.4, -0.2) is 41.7 Å². The minimum atomic E-state index is 0.0852. The van der Waals surface area contributed by atoms with Gasteiger partial charge in [0.2, 0.25) is 0 Å². The van der Waals surface area contributed by atoms with Gasteiger partial charge in [0.15, 0.2) is 0 Å². The van der Waals surface area contributed by atoms with Crippen LogP contribution in [0.5, 0.6) is 0 Å². The normalized spacial score (nSPS) is 14.9. The van der Waals surface area contributed by atoms with Crippen LogP contribution in [0, 0.1) is 0 Å². The van der Waals surface area contributed by atoms with Crippen LogP contribution in [0.15, 0.2) is 24.3 Å². The molecule has 1 aromatic carbocycles. The molecule has 0 atom stereocenters. The molecule has 0 saturated heterocycles. The second-order valence-electron chi connectivity index (χ2n) is 5.40. The van der Waals surface area contributed by atoms with E-state index in [0.29, 0.717) is 25.6 Å². The molecule has 110 valence electrons. The summed E-state index contributed by atoms with van der Waals surface area (Å²) in [7, 11) is 0. The molecule has 0 bridgehead atoms. The second-order valence-corrected chi connectivity index (χ2v) is 5.40. The Bertz CT molecular complexity index is 444. The fourth-order valence-corrected chi connectivity index (χ4v) is 2.58. The Kier molecular flexibility index (Phi) is 5.56. The van der Waals surface area contributed by atoms with Crippen molar-refractivity contribution in [2.45, 2.75) is 38.1 Å². The summed E-state index contributed by atoms with van der Waals surface area (Å²) in [5.74, 6) is 0.0852. The molecular weight excluding hydrogens is 252 g/mol. The summed E-state index contributed by atoms with van der Waals surface area (Å²) in [6.07, 6.45) is 4.80. The smallest absolute Gasteiger partial charge is 0.254 e. The zero-order valence-electron chi connectivity index (χ0n) is 11.9. The molecule has 1 aromatic rings. The third-order valence-corrected chi connectivity index (χ3v) is 3.94. The Labute approximate surface area is 120 Å². The van der Waals surface area contributed by atoms with Gasteiger partial charge >= 0.3 is 0 Å². The maximum Gasteiger partial charge on any atom is 0.254 e. The summed E-state index contributed by atoms with van der Waals surface area (Å²) in [6.45, 7) is 1.36. The average molecular weight is 276 g/mol. The lowest BCUT2D eigenvalue weighted by molar-refractivity contribution is 0.0562. The molecule has 0 radical (unpaired) electrons. The maximum absolute atomic E-state index is 12.7. The average Bonchev–Trinajstić information content (AvgIpc) is 2.41. The van der Waals surface area contributed by atoms with E-state index in [1.54, 1.807) is 0 Å². The predicted molar refractivity (Wildman–Crippen MR) is 79.6 cm³/mol. The van der Waals surface area contributed by atoms with E-state index in [4.69, 9.17) is 10.8 Å². The summed E-state index contributed by atoms with van der Waals surface area (Å²) in [5, 5.41) is 9.00. The first-order valence-corrected chi connectivity index (χ1v) is 7.47. The molecule has 0 heterocycles. The molecule has 0 aliphatic heterocycles. The van der Waals surface area contributed by atoms with Crippen molar-refractivity contribution in [2.24, 2.45) is 5.73 Å². The molecule has 1 amide bonds. The molecule has 2 rings (SSSR count). The number of hydrogen-bond donors (Lipinski definition) is 2. The molecule has 1 aliphatic carbocycles. The number of carbonyl (C=O) groups excluding carboxylic acids is 1. The van der Waals surface area contributed by atoms with Gasteiger partial charge in [0, 0.05) is 24.8 Å². The molecule has 20 heavy (non-hydrogen) atoms. The number of nitrogens with two attached hydrogens (primary N) is 1. The van der Waals surface area contributed by atoms with E-state index in [2.05, 4.69) is 0 Å². The van der Waals surface area contributed by atoms with Crippen LogP contribution >= 0.6 is 0 Å². The molecular formula is C16H24N2O2. The highest BCUT2D eigenvalue weighted by atomic mass is 16.3. The van der Waals surface area contributed by atoms with Gasteiger partial charge in [0.05, 0.1) is 0 Å². The minimum Gasteiger partial charge on any atom is -0.396 e. The lowest BCUT2D eigenvalue weighted by atomic mass is 9.90. The van der Waals surface area contributed by atoms with Crippen LogP contribution < -0.4 is 5.73 Å². The Morgan fingerprint density at radius 1 is 1.40 bits per heavy atom. The van der Waals surface area contributed by atoms with Crippen LogP contribution in [-0.2, 0) is 6.42 Å². The fourth-order valence-electron chi connectivity index (χ4n) is 2.58. The predicted octanol–water partition coefficient (Wildman–Crippen LogP) is 1.56. The van der Waals surface area contributed by atoms with Crippen molar-refractivity contribution in [2.75, 3.05) is 19.7 Å². The second kappa shape index (κ2) is 7.41. The first kappa shape index (κ1) is 15.0. The third kappa shape index (κ3) is 3.58. The minimum absolute atomic E-state index is 0.0852. The third-order valence-electron chi connectivity index (χ3n) is 3.94. The molecule has 3 N–H and O–H groups in total. The lowest BCUT2D eigenvalue weighted by Crippen LogP contribution is -2.45. The van der Waals surface area contributed by atoms with Gasteiger partial charge in [0.25, 0.3) is 5.91 Å². The first-order chi connectivity index (χ1) is 9.76. The van der Waals surface area contributed by atoms with Crippen LogP contribution in [0.2, 0.25) is 0 Å². The van der Waals surface area contributed by atoms with E-state index >= 15 is 0 Å². The van der Waals surface area contributed by atoms with E-state index < -0.39 is 0 Å². The highest BCUT2D eigenvalue weighted by Gasteiger charge is 2.28. The number of aliphatic hydroxyl groups is 1. The van der Waals surface area contributed by atoms with E-state index in [-0.39, 0.29) is 12.5 Å². The van der Waals surface area contributed by atoms with Gasteiger partial charge in [-0.15, -0.1) is 0 Å². The number of rotatable bonds is 7. The highest BCUT2D eigenvalue weighted by Crippen LogP contribution is 2.26. The SMILES string of the molecule is NCCc1cccc(C(=O)N(CCCO)C2CCC2)c1. The highest BCUT2D eigenvalue weighted by molar-refractivity contribution is 5.94. The molecule has 1 fully saturated rings. The van der Waals surface area contributed by atoms with Crippen LogP contribution in [0.4, 0.5) is 0 Å². The number of hydrogen-bond acceptors (Lipinski definition) is 3. The summed E-state index contributed by atoms with van der Waals surface area (Å²) < 4.78 is 0. The van der Waals surface area contributed by atoms with Gasteiger partial charge in [-0.2, -0.15) is 0 Å². The standard InChI is InChI=1S/C16H24N2O2/c17-9-8-13-4-1-5-14(12-13)16(20)18(10-3-11-19)15-6-2-7-15/h1,4-5,12,15,19H,2-3,6-11,17H2. The maximum atomic E-state index is 12.7. The fraction of sp³-hybridized carbons (Fsp3) is 0.562. The molecule has 1 saturated carbocycles. The van der Waals surface area contributed by atoms with Crippen molar-refractivity contribution in [1.29, 1.82) is 0 Å². The van der Waals surface area contributed by atoms with Crippen molar-refractivity contribution < 1.29 is 9.90 Å². The number of nitrogens with zero attached hydrogens (tertiary/aromatic N) is 1. The molecule has 4 heteroatoms. The van der Waals surface area contributed by atoms with Crippen molar-refractivity contribution in [3.05, 3.63) is 35.4 Å². The van der Waals surface area contributed by atoms with Crippen molar-refractivity contribution >= 4 is 5.91 Å². The summed E-state index contributed by atoms with van der Waals surface area (Å²) in [6, 6.07) is 8.09. The summed E-state index contributed by atoms with van der Waals surface area (Å²) in [5.41, 5.74) is 7.41. The van der Waals surface area contributed by atoms with Gasteiger partial charge in [-0.1, -0.05) is 12.1 Å². The summed E-state index contributed by atoms with van der Waals surface area (Å²) in [4.78, 5) is 14.6. The van der Waals surface area contributed by atoms with Crippen LogP contribution in [0.25, 0.3) is 0 Å². The molecule has 1 aliphatic rings. The van der Waals surface area contributed by atoms with Gasteiger partial charge < -0.3 is 15.7 Å². The molecule has 0 spiro atoms. The van der Waals surface area contributed by atoms with Gasteiger partial charge in [-0.25, -0.2) is 0 Å². The van der Waals surface area contributed by atoms with Crippen molar-refractivity contribution in [3.63, 3.8) is 0 Å². The largest absolute Gasteiger partial charge is 0.396 e. The molecule has 4 nitrogen and oxygen atoms in total. The van der Waals surface area contributed by atoms with Gasteiger partial charge in [-0.05, 0) is 56.3 Å². The Hall–Kier alpha value is -1.39. The quantitative estimate of drug-likeness (QED) is 0.794. The first-order valence-electron chi connectivity index (χ1n) is 7.47. The lowest BCUT2D eigenvalue weighted by Gasteiger charge is -2.37. The summed E-state index contributed by atoms with van der Waals surface area (Å²) >= 11 is 0. The van der Waals surface area contributed by atoms with E-state index in [1.165, 1.54) is 6.42 Å². The number of benzene rings is 1.